The van der Waals surface area contributed by atoms with Crippen molar-refractivity contribution < 1.29 is 32.6 Å². The van der Waals surface area contributed by atoms with Crippen molar-refractivity contribution in [3.05, 3.63) is 76.5 Å². The first-order chi connectivity index (χ1) is 22.2. The molecule has 244 valence electrons. The summed E-state index contributed by atoms with van der Waals surface area (Å²) in [5.41, 5.74) is 1.57. The lowest BCUT2D eigenvalue weighted by molar-refractivity contribution is -0.137. The Balaban J connectivity index is 1.36. The van der Waals surface area contributed by atoms with Gasteiger partial charge in [0.25, 0.3) is 0 Å². The number of halogens is 2. The molecule has 1 unspecified atom stereocenters. The van der Waals surface area contributed by atoms with Crippen molar-refractivity contribution in [3.8, 4) is 6.07 Å². The van der Waals surface area contributed by atoms with E-state index in [2.05, 4.69) is 21.2 Å². The zero-order valence-electron chi connectivity index (χ0n) is 26.2. The number of imide groups is 1. The van der Waals surface area contributed by atoms with E-state index in [4.69, 9.17) is 9.47 Å². The highest BCUT2D eigenvalue weighted by Gasteiger charge is 2.45. The number of anilines is 1. The highest BCUT2D eigenvalue weighted by Crippen LogP contribution is 2.37. The molecule has 0 saturated carbocycles. The predicted molar refractivity (Wildman–Crippen MR) is 165 cm³/mol. The van der Waals surface area contributed by atoms with Crippen LogP contribution < -0.4 is 10.2 Å². The Bertz CT molecular complexity index is 1550. The van der Waals surface area contributed by atoms with Gasteiger partial charge in [0.2, 0.25) is 0 Å². The van der Waals surface area contributed by atoms with Gasteiger partial charge in [-0.15, -0.1) is 0 Å². The number of nitrogens with zero attached hydrogens (tertiary/aromatic N) is 5. The molecule has 3 heterocycles. The first kappa shape index (κ1) is 32.8. The predicted octanol–water partition coefficient (Wildman–Crippen LogP) is 4.16. The number of ether oxygens (including phenoxy) is 2. The lowest BCUT2D eigenvalue weighted by Gasteiger charge is -2.46. The quantitative estimate of drug-likeness (QED) is 0.451. The number of hydrogen-bond donors (Lipinski definition) is 1. The number of hydrogen-bond acceptors (Lipinski definition) is 8. The number of nitriles is 1. The van der Waals surface area contributed by atoms with Crippen molar-refractivity contribution in [2.75, 3.05) is 59.0 Å². The van der Waals surface area contributed by atoms with E-state index >= 15 is 0 Å². The summed E-state index contributed by atoms with van der Waals surface area (Å²) in [7, 11) is 4.13. The minimum atomic E-state index is -1.39. The monoisotopic (exact) mass is 636 g/mol. The van der Waals surface area contributed by atoms with Crippen molar-refractivity contribution >= 4 is 23.7 Å². The molecule has 0 radical (unpaired) electrons. The van der Waals surface area contributed by atoms with Gasteiger partial charge in [-0.1, -0.05) is 18.2 Å². The Morgan fingerprint density at radius 3 is 2.48 bits per heavy atom. The second kappa shape index (κ2) is 14.3. The zero-order valence-corrected chi connectivity index (χ0v) is 26.2. The molecule has 0 spiro atoms. The third-order valence-electron chi connectivity index (χ3n) is 9.12. The molecule has 11 nitrogen and oxygen atoms in total. The molecule has 4 amide bonds. The summed E-state index contributed by atoms with van der Waals surface area (Å²) in [6, 6.07) is 9.98. The molecule has 2 atom stereocenters. The number of amides is 4. The minimum Gasteiger partial charge on any atom is -0.466 e. The van der Waals surface area contributed by atoms with Crippen LogP contribution in [-0.2, 0) is 14.3 Å². The van der Waals surface area contributed by atoms with E-state index in [0.29, 0.717) is 18.5 Å². The zero-order chi connectivity index (χ0) is 33.0. The standard InChI is InChI=1S/C33H38F2N6O5/c1-38(24-8-6-14-40(19-24)23-12-15-39(16-13-23)28-9-5-4-7-22(28)18-36)33(44)41-30(21-10-11-25(34)26(35)17-21)29(31(42)46-3)27(20-45-2)37-32(41)43/h4-5,7,9-11,17,23-24,30H,6,8,12-16,19-20H2,1-3H3,(H,37,43)/t24?,30-/m0/s1. The van der Waals surface area contributed by atoms with Gasteiger partial charge in [0.15, 0.2) is 11.6 Å². The van der Waals surface area contributed by atoms with Crippen LogP contribution in [0.4, 0.5) is 24.1 Å². The van der Waals surface area contributed by atoms with Crippen LogP contribution in [0.3, 0.4) is 0 Å². The number of likely N-dealkylation sites (tertiary alicyclic amines) is 1. The molecular weight excluding hydrogens is 598 g/mol. The summed E-state index contributed by atoms with van der Waals surface area (Å²) < 4.78 is 38.6. The number of esters is 1. The summed E-state index contributed by atoms with van der Waals surface area (Å²) in [5.74, 6) is -3.15. The van der Waals surface area contributed by atoms with Gasteiger partial charge in [0, 0.05) is 45.9 Å². The average Bonchev–Trinajstić information content (AvgIpc) is 3.08. The van der Waals surface area contributed by atoms with E-state index in [1.807, 2.05) is 24.3 Å². The largest absolute Gasteiger partial charge is 0.466 e. The van der Waals surface area contributed by atoms with Crippen molar-refractivity contribution in [1.82, 2.24) is 20.0 Å². The average molecular weight is 637 g/mol. The Morgan fingerprint density at radius 2 is 1.80 bits per heavy atom. The number of urea groups is 2. The Hall–Kier alpha value is -4.54. The third-order valence-corrected chi connectivity index (χ3v) is 9.12. The van der Waals surface area contributed by atoms with E-state index in [1.54, 1.807) is 7.05 Å². The summed E-state index contributed by atoms with van der Waals surface area (Å²) in [6.07, 6.45) is 3.33. The number of carbonyl (C=O) groups is 3. The number of carbonyl (C=O) groups excluding carboxylic acids is 3. The summed E-state index contributed by atoms with van der Waals surface area (Å²) >= 11 is 0. The smallest absolute Gasteiger partial charge is 0.338 e. The normalized spacial score (nSPS) is 21.1. The molecule has 13 heteroatoms. The van der Waals surface area contributed by atoms with E-state index in [1.165, 1.54) is 18.1 Å². The number of nitrogens with one attached hydrogen (secondary N) is 1. The van der Waals surface area contributed by atoms with Crippen LogP contribution in [0.1, 0.15) is 42.9 Å². The molecular formula is C33H38F2N6O5. The number of rotatable bonds is 7. The molecule has 2 fully saturated rings. The van der Waals surface area contributed by atoms with Gasteiger partial charge >= 0.3 is 18.0 Å². The van der Waals surface area contributed by atoms with Crippen LogP contribution in [0, 0.1) is 23.0 Å². The van der Waals surface area contributed by atoms with Gasteiger partial charge in [0.1, 0.15) is 12.1 Å². The van der Waals surface area contributed by atoms with Gasteiger partial charge in [-0.2, -0.15) is 5.26 Å². The summed E-state index contributed by atoms with van der Waals surface area (Å²) in [6.45, 7) is 2.87. The Morgan fingerprint density at radius 1 is 1.07 bits per heavy atom. The molecule has 3 aliphatic heterocycles. The Labute approximate surface area is 266 Å². The first-order valence-corrected chi connectivity index (χ1v) is 15.3. The number of benzene rings is 2. The van der Waals surface area contributed by atoms with Gasteiger partial charge < -0.3 is 24.6 Å². The molecule has 1 N–H and O–H groups in total. The van der Waals surface area contributed by atoms with Crippen LogP contribution in [0.5, 0.6) is 0 Å². The molecule has 0 bridgehead atoms. The highest BCUT2D eigenvalue weighted by atomic mass is 19.2. The van der Waals surface area contributed by atoms with Crippen molar-refractivity contribution in [2.45, 2.75) is 43.8 Å². The van der Waals surface area contributed by atoms with Gasteiger partial charge in [-0.05, 0) is 62.1 Å². The molecule has 2 aromatic rings. The SMILES string of the molecule is COCC1=C(C(=O)OC)[C@H](c2ccc(F)c(F)c2)N(C(=O)N(C)C2CCCN(C3CCN(c4ccccc4C#N)CC3)C2)C(=O)N1. The second-order valence-electron chi connectivity index (χ2n) is 11.7. The fourth-order valence-corrected chi connectivity index (χ4v) is 6.74. The Kier molecular flexibility index (Phi) is 10.2. The van der Waals surface area contributed by atoms with E-state index in [9.17, 15) is 28.4 Å². The maximum atomic E-state index is 14.5. The number of piperidine rings is 2. The molecule has 3 aliphatic rings. The fraction of sp³-hybridized carbons (Fsp3) is 0.455. The van der Waals surface area contributed by atoms with Gasteiger partial charge in [0.05, 0.1) is 36.2 Å². The third kappa shape index (κ3) is 6.54. The topological polar surface area (TPSA) is 118 Å². The van der Waals surface area contributed by atoms with Gasteiger partial charge in [-0.25, -0.2) is 28.1 Å². The summed E-state index contributed by atoms with van der Waals surface area (Å²) in [5, 5.41) is 12.1. The molecule has 0 aliphatic carbocycles. The van der Waals surface area contributed by atoms with Crippen molar-refractivity contribution in [3.63, 3.8) is 0 Å². The van der Waals surface area contributed by atoms with Crippen molar-refractivity contribution in [2.24, 2.45) is 0 Å². The number of likely N-dealkylation sites (N-methyl/N-ethyl adjacent to an activating group) is 1. The van der Waals surface area contributed by atoms with Crippen LogP contribution >= 0.6 is 0 Å². The van der Waals surface area contributed by atoms with Crippen molar-refractivity contribution in [1.29, 1.82) is 5.26 Å². The minimum absolute atomic E-state index is 0.0273. The maximum absolute atomic E-state index is 14.5. The second-order valence-corrected chi connectivity index (χ2v) is 11.7. The van der Waals surface area contributed by atoms with Crippen LogP contribution in [0.25, 0.3) is 0 Å². The molecule has 0 aromatic heterocycles. The van der Waals surface area contributed by atoms with E-state index in [0.717, 1.165) is 68.7 Å². The van der Waals surface area contributed by atoms with Gasteiger partial charge in [-0.3, -0.25) is 4.90 Å². The van der Waals surface area contributed by atoms with E-state index < -0.39 is 35.7 Å². The number of methoxy groups -OCH3 is 2. The summed E-state index contributed by atoms with van der Waals surface area (Å²) in [4.78, 5) is 47.7. The lowest BCUT2D eigenvalue weighted by Crippen LogP contribution is -2.59. The molecule has 2 saturated heterocycles. The molecule has 5 rings (SSSR count). The maximum Gasteiger partial charge on any atom is 0.338 e. The van der Waals surface area contributed by atoms with Crippen LogP contribution in [-0.4, -0.2) is 98.9 Å². The number of para-hydroxylation sites is 1. The molecule has 46 heavy (non-hydrogen) atoms. The lowest BCUT2D eigenvalue weighted by atomic mass is 9.93. The van der Waals surface area contributed by atoms with Crippen LogP contribution in [0.2, 0.25) is 0 Å². The first-order valence-electron chi connectivity index (χ1n) is 15.3. The fourth-order valence-electron chi connectivity index (χ4n) is 6.74. The van der Waals surface area contributed by atoms with E-state index in [-0.39, 0.29) is 35.5 Å². The molecule has 2 aromatic carbocycles. The van der Waals surface area contributed by atoms with Crippen LogP contribution in [0.15, 0.2) is 53.7 Å². The highest BCUT2D eigenvalue weighted by molar-refractivity contribution is 6.01.